The molecule has 0 saturated heterocycles. The van der Waals surface area contributed by atoms with E-state index in [2.05, 4.69) is 4.74 Å². The molecule has 1 atom stereocenters. The maximum absolute atomic E-state index is 11.4. The zero-order chi connectivity index (χ0) is 8.20. The van der Waals surface area contributed by atoms with E-state index in [9.17, 15) is 22.0 Å². The zero-order valence-electron chi connectivity index (χ0n) is 4.79. The molecule has 0 heterocycles. The van der Waals surface area contributed by atoms with Gasteiger partial charge in [0.15, 0.2) is 13.0 Å². The largest absolute Gasteiger partial charge is 0.417 e. The molecule has 10 heavy (non-hydrogen) atoms. The molecular weight excluding hydrogens is 159 g/mol. The smallest absolute Gasteiger partial charge is 0.335 e. The van der Waals surface area contributed by atoms with Gasteiger partial charge in [-0.2, -0.15) is 13.2 Å². The molecule has 0 rings (SSSR count). The lowest BCUT2D eigenvalue weighted by molar-refractivity contribution is -0.232. The third-order valence-corrected chi connectivity index (χ3v) is 0.769. The molecule has 0 amide bonds. The molecule has 0 aromatic heterocycles. The Morgan fingerprint density at radius 1 is 1.20 bits per heavy atom. The fourth-order valence-electron chi connectivity index (χ4n) is 0.303. The monoisotopic (exact) mass is 164 g/mol. The third-order valence-electron chi connectivity index (χ3n) is 0.769. The van der Waals surface area contributed by atoms with E-state index >= 15 is 0 Å². The van der Waals surface area contributed by atoms with Crippen LogP contribution in [-0.4, -0.2) is 25.8 Å². The van der Waals surface area contributed by atoms with Crippen molar-refractivity contribution in [1.29, 1.82) is 0 Å². The van der Waals surface area contributed by atoms with Crippen molar-refractivity contribution < 1.29 is 26.7 Å². The van der Waals surface area contributed by atoms with Gasteiger partial charge in [0.2, 0.25) is 0 Å². The molecule has 62 valence electrons. The van der Waals surface area contributed by atoms with Gasteiger partial charge in [-0.25, -0.2) is 8.78 Å². The first-order chi connectivity index (χ1) is 4.52. The number of hydrogen-bond donors (Lipinski definition) is 0. The molecule has 0 bridgehead atoms. The van der Waals surface area contributed by atoms with Crippen LogP contribution in [0, 0.1) is 0 Å². The van der Waals surface area contributed by atoms with Crippen molar-refractivity contribution >= 4 is 0 Å². The molecule has 0 aromatic rings. The van der Waals surface area contributed by atoms with Crippen molar-refractivity contribution in [3.8, 4) is 0 Å². The van der Waals surface area contributed by atoms with Crippen LogP contribution in [-0.2, 0) is 4.74 Å². The predicted octanol–water partition coefficient (Wildman–Crippen LogP) is 1.83. The maximum atomic E-state index is 11.4. The summed E-state index contributed by atoms with van der Waals surface area (Å²) in [6.07, 6.45) is -7.45. The number of rotatable bonds is 3. The van der Waals surface area contributed by atoms with E-state index in [1.165, 1.54) is 0 Å². The zero-order valence-corrected chi connectivity index (χ0v) is 4.79. The van der Waals surface area contributed by atoms with E-state index in [-0.39, 0.29) is 0 Å². The number of halogens is 5. The number of ether oxygens (including phenoxy) is 1. The van der Waals surface area contributed by atoms with E-state index in [0.29, 0.717) is 0 Å². The van der Waals surface area contributed by atoms with Crippen molar-refractivity contribution in [3.05, 3.63) is 0 Å². The van der Waals surface area contributed by atoms with E-state index in [4.69, 9.17) is 0 Å². The molecule has 0 saturated carbocycles. The van der Waals surface area contributed by atoms with Crippen LogP contribution in [0.1, 0.15) is 0 Å². The fourth-order valence-corrected chi connectivity index (χ4v) is 0.303. The topological polar surface area (TPSA) is 9.23 Å². The van der Waals surface area contributed by atoms with E-state index in [1.54, 1.807) is 0 Å². The van der Waals surface area contributed by atoms with E-state index in [1.807, 2.05) is 0 Å². The van der Waals surface area contributed by atoms with Crippen LogP contribution >= 0.6 is 0 Å². The van der Waals surface area contributed by atoms with Gasteiger partial charge in [-0.1, -0.05) is 0 Å². The molecule has 0 N–H and O–H groups in total. The van der Waals surface area contributed by atoms with Crippen molar-refractivity contribution in [2.24, 2.45) is 0 Å². The first-order valence-corrected chi connectivity index (χ1v) is 2.32. The number of alkyl halides is 5. The lowest BCUT2D eigenvalue weighted by Gasteiger charge is -2.14. The fraction of sp³-hybridized carbons (Fsp3) is 1.00. The SMILES string of the molecule is FCOC(CF)C(F)(F)F. The molecule has 1 unspecified atom stereocenters. The lowest BCUT2D eigenvalue weighted by Crippen LogP contribution is -2.33. The predicted molar refractivity (Wildman–Crippen MR) is 22.9 cm³/mol. The second-order valence-corrected chi connectivity index (χ2v) is 1.46. The molecule has 0 fully saturated rings. The number of hydrogen-bond acceptors (Lipinski definition) is 1. The van der Waals surface area contributed by atoms with Crippen molar-refractivity contribution in [2.75, 3.05) is 13.5 Å². The highest BCUT2D eigenvalue weighted by Gasteiger charge is 2.40. The van der Waals surface area contributed by atoms with Crippen LogP contribution in [0.15, 0.2) is 0 Å². The van der Waals surface area contributed by atoms with Crippen molar-refractivity contribution in [3.63, 3.8) is 0 Å². The first kappa shape index (κ1) is 9.61. The average Bonchev–Trinajstić information content (AvgIpc) is 1.80. The summed E-state index contributed by atoms with van der Waals surface area (Å²) in [6.45, 7) is -3.39. The summed E-state index contributed by atoms with van der Waals surface area (Å²) in [4.78, 5) is 0. The van der Waals surface area contributed by atoms with Gasteiger partial charge in [-0.05, 0) is 0 Å². The molecule has 6 heteroatoms. The second-order valence-electron chi connectivity index (χ2n) is 1.46. The van der Waals surface area contributed by atoms with E-state index < -0.39 is 25.8 Å². The second kappa shape index (κ2) is 3.70. The van der Waals surface area contributed by atoms with Gasteiger partial charge in [0, 0.05) is 0 Å². The normalized spacial score (nSPS) is 15.3. The summed E-state index contributed by atoms with van der Waals surface area (Å²) in [5.41, 5.74) is 0. The van der Waals surface area contributed by atoms with Crippen molar-refractivity contribution in [1.82, 2.24) is 0 Å². The van der Waals surface area contributed by atoms with Gasteiger partial charge in [0.1, 0.15) is 6.67 Å². The highest BCUT2D eigenvalue weighted by atomic mass is 19.4. The minimum absolute atomic E-state index is 1.63. The third kappa shape index (κ3) is 2.95. The summed E-state index contributed by atoms with van der Waals surface area (Å²) < 4.78 is 59.9. The van der Waals surface area contributed by atoms with Crippen LogP contribution in [0.2, 0.25) is 0 Å². The van der Waals surface area contributed by atoms with Crippen LogP contribution in [0.25, 0.3) is 0 Å². The van der Waals surface area contributed by atoms with Crippen LogP contribution in [0.4, 0.5) is 22.0 Å². The molecule has 0 aliphatic carbocycles. The molecule has 0 aromatic carbocycles. The maximum Gasteiger partial charge on any atom is 0.417 e. The van der Waals surface area contributed by atoms with Gasteiger partial charge < -0.3 is 4.74 Å². The minimum atomic E-state index is -4.82. The Bertz CT molecular complexity index is 90.1. The van der Waals surface area contributed by atoms with Gasteiger partial charge in [0.05, 0.1) is 0 Å². The molecule has 0 radical (unpaired) electrons. The quantitative estimate of drug-likeness (QED) is 0.578. The summed E-state index contributed by atoms with van der Waals surface area (Å²) >= 11 is 0. The molecular formula is C4H5F5O. The van der Waals surface area contributed by atoms with Crippen LogP contribution < -0.4 is 0 Å². The average molecular weight is 164 g/mol. The van der Waals surface area contributed by atoms with E-state index in [0.717, 1.165) is 0 Å². The molecule has 0 aliphatic heterocycles. The molecule has 0 spiro atoms. The first-order valence-electron chi connectivity index (χ1n) is 2.32. The minimum Gasteiger partial charge on any atom is -0.335 e. The Hall–Kier alpha value is -0.390. The summed E-state index contributed by atoms with van der Waals surface area (Å²) in [6, 6.07) is 0. The van der Waals surface area contributed by atoms with Gasteiger partial charge >= 0.3 is 6.18 Å². The standard InChI is InChI=1S/C4H5F5O/c5-1-3(10-2-6)4(7,8)9/h3H,1-2H2. The van der Waals surface area contributed by atoms with Gasteiger partial charge in [0.25, 0.3) is 0 Å². The summed E-state index contributed by atoms with van der Waals surface area (Å²) in [7, 11) is 0. The highest BCUT2D eigenvalue weighted by Crippen LogP contribution is 2.22. The Morgan fingerprint density at radius 3 is 1.80 bits per heavy atom. The molecule has 0 aliphatic rings. The van der Waals surface area contributed by atoms with Gasteiger partial charge in [-0.3, -0.25) is 0 Å². The highest BCUT2D eigenvalue weighted by molar-refractivity contribution is 4.64. The van der Waals surface area contributed by atoms with Crippen LogP contribution in [0.3, 0.4) is 0 Å². The molecule has 1 nitrogen and oxygen atoms in total. The van der Waals surface area contributed by atoms with Gasteiger partial charge in [-0.15, -0.1) is 0 Å². The summed E-state index contributed by atoms with van der Waals surface area (Å²) in [5, 5.41) is 0. The van der Waals surface area contributed by atoms with Crippen LogP contribution in [0.5, 0.6) is 0 Å². The lowest BCUT2D eigenvalue weighted by atomic mass is 10.4. The Kier molecular flexibility index (Phi) is 3.55. The Morgan fingerprint density at radius 2 is 1.70 bits per heavy atom. The summed E-state index contributed by atoms with van der Waals surface area (Å²) in [5.74, 6) is 0. The Balaban J connectivity index is 3.81. The van der Waals surface area contributed by atoms with Crippen molar-refractivity contribution in [2.45, 2.75) is 12.3 Å². The Labute approximate surface area is 53.8 Å².